The Kier molecular flexibility index (Phi) is 3.42. The zero-order valence-electron chi connectivity index (χ0n) is 10.0. The summed E-state index contributed by atoms with van der Waals surface area (Å²) in [5.41, 5.74) is 13.1. The largest absolute Gasteiger partial charge is 0.397 e. The lowest BCUT2D eigenvalue weighted by molar-refractivity contribution is -0.120. The van der Waals surface area contributed by atoms with E-state index in [2.05, 4.69) is 5.32 Å². The van der Waals surface area contributed by atoms with Gasteiger partial charge in [-0.05, 0) is 31.0 Å². The molecule has 0 fully saturated rings. The molecule has 0 aromatic heterocycles. The number of hydrogen-bond acceptors (Lipinski definition) is 3. The maximum atomic E-state index is 11.2. The van der Waals surface area contributed by atoms with Gasteiger partial charge in [-0.1, -0.05) is 13.0 Å². The smallest absolute Gasteiger partial charge is 0.217 e. The first-order valence-corrected chi connectivity index (χ1v) is 5.33. The number of rotatable bonds is 3. The van der Waals surface area contributed by atoms with Crippen LogP contribution >= 0.6 is 0 Å². The quantitative estimate of drug-likeness (QED) is 0.678. The lowest BCUT2D eigenvalue weighted by Crippen LogP contribution is -2.41. The van der Waals surface area contributed by atoms with E-state index < -0.39 is 5.54 Å². The van der Waals surface area contributed by atoms with Crippen LogP contribution in [0.5, 0.6) is 0 Å². The molecule has 1 atom stereocenters. The van der Waals surface area contributed by atoms with Gasteiger partial charge < -0.3 is 16.8 Å². The van der Waals surface area contributed by atoms with Gasteiger partial charge in [0.15, 0.2) is 0 Å². The van der Waals surface area contributed by atoms with Gasteiger partial charge in [-0.3, -0.25) is 4.79 Å². The molecule has 1 amide bonds. The fourth-order valence-electron chi connectivity index (χ4n) is 1.67. The molecular formula is C12H19N3O. The molecule has 88 valence electrons. The molecule has 0 radical (unpaired) electrons. The summed E-state index contributed by atoms with van der Waals surface area (Å²) in [5.74, 6) is -0.0558. The lowest BCUT2D eigenvalue weighted by Gasteiger charge is -2.30. The van der Waals surface area contributed by atoms with Crippen LogP contribution in [-0.4, -0.2) is 5.91 Å². The Morgan fingerprint density at radius 3 is 2.44 bits per heavy atom. The Labute approximate surface area is 96.0 Å². The molecule has 4 heteroatoms. The molecule has 5 N–H and O–H groups in total. The molecule has 1 aromatic rings. The number of anilines is 2. The number of nitrogen functional groups attached to an aromatic ring is 2. The molecular weight excluding hydrogens is 202 g/mol. The van der Waals surface area contributed by atoms with E-state index in [0.717, 1.165) is 12.0 Å². The first-order valence-electron chi connectivity index (χ1n) is 5.33. The third-order valence-electron chi connectivity index (χ3n) is 2.88. The second-order valence-corrected chi connectivity index (χ2v) is 4.21. The zero-order valence-corrected chi connectivity index (χ0v) is 10.0. The molecule has 0 heterocycles. The maximum Gasteiger partial charge on any atom is 0.217 e. The van der Waals surface area contributed by atoms with Crippen molar-refractivity contribution >= 4 is 17.3 Å². The van der Waals surface area contributed by atoms with Crippen LogP contribution in [0.25, 0.3) is 0 Å². The average Bonchev–Trinajstić information content (AvgIpc) is 2.21. The van der Waals surface area contributed by atoms with Crippen molar-refractivity contribution in [2.45, 2.75) is 32.7 Å². The summed E-state index contributed by atoms with van der Waals surface area (Å²) in [7, 11) is 0. The minimum Gasteiger partial charge on any atom is -0.397 e. The SMILES string of the molecule is CCC(C)(NC(C)=O)c1ccc(N)c(N)c1. The van der Waals surface area contributed by atoms with Crippen molar-refractivity contribution in [3.05, 3.63) is 23.8 Å². The number of hydrogen-bond donors (Lipinski definition) is 3. The number of carbonyl (C=O) groups excluding carboxylic acids is 1. The van der Waals surface area contributed by atoms with Crippen LogP contribution in [0.2, 0.25) is 0 Å². The molecule has 0 aliphatic rings. The molecule has 0 aliphatic heterocycles. The molecule has 0 saturated carbocycles. The minimum absolute atomic E-state index is 0.0558. The summed E-state index contributed by atoms with van der Waals surface area (Å²) in [6, 6.07) is 5.47. The van der Waals surface area contributed by atoms with E-state index in [0.29, 0.717) is 11.4 Å². The van der Waals surface area contributed by atoms with Crippen LogP contribution in [0.1, 0.15) is 32.8 Å². The molecule has 1 aromatic carbocycles. The Morgan fingerprint density at radius 2 is 2.00 bits per heavy atom. The number of nitrogens with two attached hydrogens (primary N) is 2. The van der Waals surface area contributed by atoms with E-state index >= 15 is 0 Å². The predicted octanol–water partition coefficient (Wildman–Crippen LogP) is 1.61. The number of benzene rings is 1. The van der Waals surface area contributed by atoms with E-state index in [4.69, 9.17) is 11.5 Å². The summed E-state index contributed by atoms with van der Waals surface area (Å²) in [6.45, 7) is 5.50. The second-order valence-electron chi connectivity index (χ2n) is 4.21. The Hall–Kier alpha value is -1.71. The highest BCUT2D eigenvalue weighted by Gasteiger charge is 2.25. The normalized spacial score (nSPS) is 14.2. The zero-order chi connectivity index (χ0) is 12.3. The van der Waals surface area contributed by atoms with Crippen molar-refractivity contribution in [3.63, 3.8) is 0 Å². The highest BCUT2D eigenvalue weighted by atomic mass is 16.1. The second kappa shape index (κ2) is 4.43. The number of amides is 1. The van der Waals surface area contributed by atoms with Gasteiger partial charge in [0.25, 0.3) is 0 Å². The van der Waals surface area contributed by atoms with Gasteiger partial charge in [-0.15, -0.1) is 0 Å². The van der Waals surface area contributed by atoms with Crippen LogP contribution in [0.4, 0.5) is 11.4 Å². The minimum atomic E-state index is -0.395. The highest BCUT2D eigenvalue weighted by molar-refractivity contribution is 5.74. The van der Waals surface area contributed by atoms with Crippen molar-refractivity contribution in [1.82, 2.24) is 5.32 Å². The topological polar surface area (TPSA) is 81.1 Å². The van der Waals surface area contributed by atoms with Crippen molar-refractivity contribution in [2.24, 2.45) is 0 Å². The number of carbonyl (C=O) groups is 1. The molecule has 1 unspecified atom stereocenters. The van der Waals surface area contributed by atoms with E-state index in [1.54, 1.807) is 6.07 Å². The van der Waals surface area contributed by atoms with Crippen LogP contribution in [-0.2, 0) is 10.3 Å². The fourth-order valence-corrected chi connectivity index (χ4v) is 1.67. The molecule has 4 nitrogen and oxygen atoms in total. The Morgan fingerprint density at radius 1 is 1.38 bits per heavy atom. The summed E-state index contributed by atoms with van der Waals surface area (Å²) < 4.78 is 0. The average molecular weight is 221 g/mol. The maximum absolute atomic E-state index is 11.2. The van der Waals surface area contributed by atoms with Gasteiger partial charge in [-0.25, -0.2) is 0 Å². The van der Waals surface area contributed by atoms with Crippen molar-refractivity contribution in [3.8, 4) is 0 Å². The monoisotopic (exact) mass is 221 g/mol. The standard InChI is InChI=1S/C12H19N3O/c1-4-12(3,15-8(2)16)9-5-6-10(13)11(14)7-9/h5-7H,4,13-14H2,1-3H3,(H,15,16). The third kappa shape index (κ3) is 2.45. The highest BCUT2D eigenvalue weighted by Crippen LogP contribution is 2.28. The van der Waals surface area contributed by atoms with E-state index in [1.165, 1.54) is 6.92 Å². The predicted molar refractivity (Wildman–Crippen MR) is 66.7 cm³/mol. The lowest BCUT2D eigenvalue weighted by atomic mass is 9.88. The summed E-state index contributed by atoms with van der Waals surface area (Å²) in [6.07, 6.45) is 0.788. The Bertz CT molecular complexity index is 403. The van der Waals surface area contributed by atoms with Crippen molar-refractivity contribution in [1.29, 1.82) is 0 Å². The van der Waals surface area contributed by atoms with Crippen LogP contribution in [0.3, 0.4) is 0 Å². The Balaban J connectivity index is 3.12. The fraction of sp³-hybridized carbons (Fsp3) is 0.417. The van der Waals surface area contributed by atoms with E-state index in [9.17, 15) is 4.79 Å². The van der Waals surface area contributed by atoms with Gasteiger partial charge in [0.1, 0.15) is 0 Å². The van der Waals surface area contributed by atoms with Crippen molar-refractivity contribution < 1.29 is 4.79 Å². The summed E-state index contributed by atoms with van der Waals surface area (Å²) >= 11 is 0. The first kappa shape index (κ1) is 12.4. The molecule has 16 heavy (non-hydrogen) atoms. The molecule has 0 bridgehead atoms. The van der Waals surface area contributed by atoms with Gasteiger partial charge in [-0.2, -0.15) is 0 Å². The molecule has 0 aliphatic carbocycles. The van der Waals surface area contributed by atoms with Crippen LogP contribution < -0.4 is 16.8 Å². The molecule has 1 rings (SSSR count). The van der Waals surface area contributed by atoms with Gasteiger partial charge in [0.05, 0.1) is 16.9 Å². The summed E-state index contributed by atoms with van der Waals surface area (Å²) in [5, 5.41) is 2.93. The third-order valence-corrected chi connectivity index (χ3v) is 2.88. The first-order chi connectivity index (χ1) is 7.39. The van der Waals surface area contributed by atoms with E-state index in [1.807, 2.05) is 26.0 Å². The van der Waals surface area contributed by atoms with Gasteiger partial charge in [0, 0.05) is 6.92 Å². The van der Waals surface area contributed by atoms with Crippen LogP contribution in [0, 0.1) is 0 Å². The molecule has 0 spiro atoms. The molecule has 0 saturated heterocycles. The van der Waals surface area contributed by atoms with Gasteiger partial charge >= 0.3 is 0 Å². The van der Waals surface area contributed by atoms with Crippen LogP contribution in [0.15, 0.2) is 18.2 Å². The summed E-state index contributed by atoms with van der Waals surface area (Å²) in [4.78, 5) is 11.2. The number of nitrogens with one attached hydrogen (secondary N) is 1. The van der Waals surface area contributed by atoms with Crippen molar-refractivity contribution in [2.75, 3.05) is 11.5 Å². The van der Waals surface area contributed by atoms with E-state index in [-0.39, 0.29) is 5.91 Å². The van der Waals surface area contributed by atoms with Gasteiger partial charge in [0.2, 0.25) is 5.91 Å².